The number of nitrogens with zero attached hydrogens (tertiary/aromatic N) is 4. The number of halogens is 3. The van der Waals surface area contributed by atoms with Crippen LogP contribution in [0.15, 0.2) is 11.4 Å². The highest BCUT2D eigenvalue weighted by Gasteiger charge is 2.38. The first kappa shape index (κ1) is 23.7. The monoisotopic (exact) mass is 483 g/mol. The van der Waals surface area contributed by atoms with Crippen molar-refractivity contribution >= 4 is 23.1 Å². The Kier molecular flexibility index (Phi) is 6.52. The summed E-state index contributed by atoms with van der Waals surface area (Å²) in [6.45, 7) is 5.85. The van der Waals surface area contributed by atoms with Crippen molar-refractivity contribution in [2.45, 2.75) is 71.2 Å². The Balaban J connectivity index is 1.49. The molecule has 0 aromatic carbocycles. The molecule has 1 aliphatic heterocycles. The van der Waals surface area contributed by atoms with Crippen molar-refractivity contribution in [2.75, 3.05) is 18.4 Å². The number of hydrogen-bond donors (Lipinski definition) is 1. The number of alkyl halides is 3. The quantitative estimate of drug-likeness (QED) is 0.642. The molecule has 0 bridgehead atoms. The van der Waals surface area contributed by atoms with Crippen LogP contribution >= 0.6 is 11.3 Å². The van der Waals surface area contributed by atoms with E-state index in [2.05, 4.69) is 20.3 Å². The van der Waals surface area contributed by atoms with Crippen LogP contribution in [0, 0.1) is 5.41 Å². The average Bonchev–Trinajstić information content (AvgIpc) is 3.20. The van der Waals surface area contributed by atoms with Crippen LogP contribution in [0.3, 0.4) is 0 Å². The van der Waals surface area contributed by atoms with Gasteiger partial charge in [0.15, 0.2) is 10.8 Å². The van der Waals surface area contributed by atoms with Crippen LogP contribution < -0.4 is 10.1 Å². The molecule has 1 aliphatic carbocycles. The molecule has 2 aliphatic rings. The molecule has 3 heterocycles. The second-order valence-electron chi connectivity index (χ2n) is 9.67. The van der Waals surface area contributed by atoms with Crippen molar-refractivity contribution in [3.05, 3.63) is 17.1 Å². The number of likely N-dealkylation sites (tertiary alicyclic amines) is 1. The van der Waals surface area contributed by atoms with Crippen molar-refractivity contribution < 1.29 is 22.7 Å². The number of amides is 1. The SMILES string of the molecule is CC(C)(C)C(=O)N1CC(Oc2cc(NC3CCC(F)(F)CC3)nc(-c3nc(CF)cs3)n2)C1. The third-order valence-corrected chi connectivity index (χ3v) is 6.60. The van der Waals surface area contributed by atoms with Crippen LogP contribution in [0.2, 0.25) is 0 Å². The molecule has 1 N–H and O–H groups in total. The van der Waals surface area contributed by atoms with Gasteiger partial charge < -0.3 is 15.0 Å². The van der Waals surface area contributed by atoms with Gasteiger partial charge in [0.05, 0.1) is 18.8 Å². The number of rotatable bonds is 6. The minimum Gasteiger partial charge on any atom is -0.470 e. The number of aromatic nitrogens is 3. The minimum absolute atomic E-state index is 0.0590. The highest BCUT2D eigenvalue weighted by molar-refractivity contribution is 7.13. The predicted molar refractivity (Wildman–Crippen MR) is 119 cm³/mol. The molecule has 11 heteroatoms. The van der Waals surface area contributed by atoms with E-state index < -0.39 is 18.0 Å². The van der Waals surface area contributed by atoms with Crippen LogP contribution in [0.25, 0.3) is 10.8 Å². The molecule has 0 radical (unpaired) electrons. The number of carbonyl (C=O) groups is 1. The first-order chi connectivity index (χ1) is 15.5. The second kappa shape index (κ2) is 9.08. The first-order valence-electron chi connectivity index (χ1n) is 11.0. The van der Waals surface area contributed by atoms with Gasteiger partial charge in [-0.1, -0.05) is 20.8 Å². The number of anilines is 1. The number of hydrogen-bond acceptors (Lipinski definition) is 7. The normalized spacial score (nSPS) is 19.3. The molecular weight excluding hydrogens is 455 g/mol. The number of carbonyl (C=O) groups excluding carboxylic acids is 1. The molecule has 0 spiro atoms. The summed E-state index contributed by atoms with van der Waals surface area (Å²) in [4.78, 5) is 27.2. The lowest BCUT2D eigenvalue weighted by Crippen LogP contribution is -2.58. The number of thiazole rings is 1. The van der Waals surface area contributed by atoms with Crippen LogP contribution in [-0.2, 0) is 11.5 Å². The van der Waals surface area contributed by atoms with Crippen LogP contribution in [0.4, 0.5) is 19.0 Å². The molecule has 7 nitrogen and oxygen atoms in total. The fraction of sp³-hybridized carbons (Fsp3) is 0.636. The summed E-state index contributed by atoms with van der Waals surface area (Å²) in [6, 6.07) is 1.50. The third-order valence-electron chi connectivity index (χ3n) is 5.72. The molecule has 0 unspecified atom stereocenters. The van der Waals surface area contributed by atoms with E-state index in [0.29, 0.717) is 48.3 Å². The molecule has 1 saturated heterocycles. The Morgan fingerprint density at radius 3 is 2.55 bits per heavy atom. The molecule has 33 heavy (non-hydrogen) atoms. The molecule has 2 aromatic heterocycles. The Bertz CT molecular complexity index is 994. The van der Waals surface area contributed by atoms with E-state index in [-0.39, 0.29) is 36.7 Å². The van der Waals surface area contributed by atoms with Gasteiger partial charge in [0.1, 0.15) is 18.6 Å². The van der Waals surface area contributed by atoms with Crippen molar-refractivity contribution in [2.24, 2.45) is 5.41 Å². The highest BCUT2D eigenvalue weighted by atomic mass is 32.1. The number of ether oxygens (including phenoxy) is 1. The summed E-state index contributed by atoms with van der Waals surface area (Å²) in [5.74, 6) is -1.53. The standard InChI is InChI=1S/C22H28F3N5O2S/c1-21(2,3)20(31)30-10-15(11-30)32-17-8-16(26-13-4-6-22(24,25)7-5-13)28-18(29-17)19-27-14(9-23)12-33-19/h8,12-13,15H,4-7,9-11H2,1-3H3,(H,26,28,29). The maximum absolute atomic E-state index is 13.5. The van der Waals surface area contributed by atoms with E-state index in [1.54, 1.807) is 16.3 Å². The summed E-state index contributed by atoms with van der Waals surface area (Å²) >= 11 is 1.22. The summed E-state index contributed by atoms with van der Waals surface area (Å²) in [6.07, 6.45) is 0.116. The van der Waals surface area contributed by atoms with Crippen molar-refractivity contribution in [1.29, 1.82) is 0 Å². The maximum atomic E-state index is 13.5. The molecule has 2 fully saturated rings. The minimum atomic E-state index is -2.62. The topological polar surface area (TPSA) is 80.2 Å². The van der Waals surface area contributed by atoms with E-state index in [1.807, 2.05) is 20.8 Å². The summed E-state index contributed by atoms with van der Waals surface area (Å²) in [5, 5.41) is 5.27. The van der Waals surface area contributed by atoms with Gasteiger partial charge in [-0.15, -0.1) is 11.3 Å². The highest BCUT2D eigenvalue weighted by Crippen LogP contribution is 2.35. The zero-order chi connectivity index (χ0) is 23.8. The van der Waals surface area contributed by atoms with E-state index >= 15 is 0 Å². The molecule has 4 rings (SSSR count). The van der Waals surface area contributed by atoms with Crippen molar-refractivity contribution in [1.82, 2.24) is 19.9 Å². The van der Waals surface area contributed by atoms with Gasteiger partial charge in [-0.25, -0.2) is 23.1 Å². The Hall–Kier alpha value is -2.43. The van der Waals surface area contributed by atoms with Crippen LogP contribution in [0.1, 0.15) is 52.1 Å². The van der Waals surface area contributed by atoms with Gasteiger partial charge in [0.2, 0.25) is 17.7 Å². The summed E-state index contributed by atoms with van der Waals surface area (Å²) < 4.78 is 46.0. The lowest BCUT2D eigenvalue weighted by atomic mass is 9.92. The molecule has 180 valence electrons. The second-order valence-corrected chi connectivity index (χ2v) is 10.5. The average molecular weight is 484 g/mol. The fourth-order valence-corrected chi connectivity index (χ4v) is 4.57. The molecule has 1 amide bonds. The first-order valence-corrected chi connectivity index (χ1v) is 11.9. The zero-order valence-electron chi connectivity index (χ0n) is 18.9. The van der Waals surface area contributed by atoms with E-state index in [9.17, 15) is 18.0 Å². The van der Waals surface area contributed by atoms with Crippen molar-refractivity contribution in [3.63, 3.8) is 0 Å². The van der Waals surface area contributed by atoms with Crippen molar-refractivity contribution in [3.8, 4) is 16.7 Å². The zero-order valence-corrected chi connectivity index (χ0v) is 19.7. The summed E-state index contributed by atoms with van der Waals surface area (Å²) in [7, 11) is 0. The lowest BCUT2D eigenvalue weighted by molar-refractivity contribution is -0.148. The van der Waals surface area contributed by atoms with Gasteiger partial charge >= 0.3 is 0 Å². The Labute approximate surface area is 194 Å². The molecule has 0 atom stereocenters. The third kappa shape index (κ3) is 5.74. The molecule has 2 aromatic rings. The molecule has 1 saturated carbocycles. The van der Waals surface area contributed by atoms with Crippen LogP contribution in [-0.4, -0.2) is 56.9 Å². The fourth-order valence-electron chi connectivity index (χ4n) is 3.84. The predicted octanol–water partition coefficient (Wildman–Crippen LogP) is 4.70. The number of nitrogens with one attached hydrogen (secondary N) is 1. The van der Waals surface area contributed by atoms with E-state index in [4.69, 9.17) is 4.74 Å². The van der Waals surface area contributed by atoms with Crippen LogP contribution in [0.5, 0.6) is 5.88 Å². The van der Waals surface area contributed by atoms with Gasteiger partial charge in [0.25, 0.3) is 0 Å². The van der Waals surface area contributed by atoms with Gasteiger partial charge in [0, 0.05) is 35.7 Å². The smallest absolute Gasteiger partial charge is 0.248 e. The molecular formula is C22H28F3N5O2S. The van der Waals surface area contributed by atoms with E-state index in [1.165, 1.54) is 11.3 Å². The van der Waals surface area contributed by atoms with E-state index in [0.717, 1.165) is 0 Å². The Morgan fingerprint density at radius 1 is 1.24 bits per heavy atom. The van der Waals surface area contributed by atoms with Gasteiger partial charge in [-0.05, 0) is 12.8 Å². The largest absolute Gasteiger partial charge is 0.470 e. The lowest BCUT2D eigenvalue weighted by Gasteiger charge is -2.41. The van der Waals surface area contributed by atoms with Gasteiger partial charge in [-0.3, -0.25) is 4.79 Å². The maximum Gasteiger partial charge on any atom is 0.248 e. The summed E-state index contributed by atoms with van der Waals surface area (Å²) in [5.41, 5.74) is -0.163. The Morgan fingerprint density at radius 2 is 1.94 bits per heavy atom. The van der Waals surface area contributed by atoms with Gasteiger partial charge in [-0.2, -0.15) is 4.98 Å².